The van der Waals surface area contributed by atoms with Gasteiger partial charge in [-0.2, -0.15) is 0 Å². The van der Waals surface area contributed by atoms with Crippen LogP contribution in [0.2, 0.25) is 0 Å². The van der Waals surface area contributed by atoms with E-state index in [0.717, 1.165) is 6.08 Å². The molecule has 0 saturated carbocycles. The van der Waals surface area contributed by atoms with E-state index < -0.39 is 5.97 Å². The molecule has 0 amide bonds. The highest BCUT2D eigenvalue weighted by Gasteiger charge is 2.21. The van der Waals surface area contributed by atoms with E-state index in [-0.39, 0.29) is 0 Å². The van der Waals surface area contributed by atoms with Crippen molar-refractivity contribution >= 4 is 12.0 Å². The molecule has 128 valence electrons. The normalized spacial score (nSPS) is 10.6. The van der Waals surface area contributed by atoms with Crippen LogP contribution in [0.15, 0.2) is 12.1 Å². The summed E-state index contributed by atoms with van der Waals surface area (Å²) in [5.74, 6) is 0.810. The van der Waals surface area contributed by atoms with E-state index >= 15 is 0 Å². The Labute approximate surface area is 136 Å². The van der Waals surface area contributed by atoms with Gasteiger partial charge in [0.1, 0.15) is 0 Å². The fraction of sp³-hybridized carbons (Fsp3) is 0.471. The maximum atomic E-state index is 10.9. The Morgan fingerprint density at radius 2 is 1.35 bits per heavy atom. The number of aliphatic carboxylic acids is 1. The monoisotopic (exact) mass is 324 g/mol. The van der Waals surface area contributed by atoms with Crippen LogP contribution < -0.4 is 18.9 Å². The molecule has 1 aromatic carbocycles. The van der Waals surface area contributed by atoms with Gasteiger partial charge in [0.05, 0.1) is 32.0 Å². The third-order valence-corrected chi connectivity index (χ3v) is 2.77. The lowest BCUT2D eigenvalue weighted by molar-refractivity contribution is -0.131. The standard InChI is InChI=1S/C17H24O6/c1-5-20-13-11-14(21-6-2)17(23-8-4)12(9-10-15(18)19)16(13)22-7-3/h9-11H,5-8H2,1-4H3,(H,18,19). The summed E-state index contributed by atoms with van der Waals surface area (Å²) in [4.78, 5) is 10.9. The molecule has 0 radical (unpaired) electrons. The van der Waals surface area contributed by atoms with Gasteiger partial charge in [-0.05, 0) is 33.8 Å². The molecule has 6 heteroatoms. The van der Waals surface area contributed by atoms with Crippen LogP contribution in [0.4, 0.5) is 0 Å². The molecule has 0 saturated heterocycles. The molecule has 0 bridgehead atoms. The Balaban J connectivity index is 3.59. The molecular formula is C17H24O6. The summed E-state index contributed by atoms with van der Waals surface area (Å²) >= 11 is 0. The van der Waals surface area contributed by atoms with Crippen molar-refractivity contribution in [3.05, 3.63) is 17.7 Å². The van der Waals surface area contributed by atoms with E-state index in [1.807, 2.05) is 27.7 Å². The molecule has 1 rings (SSSR count). The van der Waals surface area contributed by atoms with Crippen molar-refractivity contribution in [2.45, 2.75) is 27.7 Å². The second-order valence-corrected chi connectivity index (χ2v) is 4.35. The molecule has 0 unspecified atom stereocenters. The number of rotatable bonds is 10. The SMILES string of the molecule is CCOc1cc(OCC)c(OCC)c(C=CC(=O)O)c1OCC. The molecule has 0 aliphatic rings. The third-order valence-electron chi connectivity index (χ3n) is 2.77. The van der Waals surface area contributed by atoms with Gasteiger partial charge in [0.15, 0.2) is 23.0 Å². The highest BCUT2D eigenvalue weighted by atomic mass is 16.5. The molecule has 1 aromatic rings. The van der Waals surface area contributed by atoms with E-state index in [1.54, 1.807) is 6.07 Å². The van der Waals surface area contributed by atoms with Gasteiger partial charge in [0.25, 0.3) is 0 Å². The van der Waals surface area contributed by atoms with Gasteiger partial charge in [-0.25, -0.2) is 4.79 Å². The van der Waals surface area contributed by atoms with Crippen LogP contribution >= 0.6 is 0 Å². The first kappa shape index (κ1) is 18.7. The Bertz CT molecular complexity index is 516. The lowest BCUT2D eigenvalue weighted by atomic mass is 10.1. The van der Waals surface area contributed by atoms with Gasteiger partial charge in [0.2, 0.25) is 0 Å². The first-order valence-corrected chi connectivity index (χ1v) is 7.72. The van der Waals surface area contributed by atoms with Crippen LogP contribution in [0.1, 0.15) is 33.3 Å². The average Bonchev–Trinajstić information content (AvgIpc) is 2.51. The van der Waals surface area contributed by atoms with Gasteiger partial charge in [-0.3, -0.25) is 0 Å². The number of hydrogen-bond donors (Lipinski definition) is 1. The summed E-state index contributed by atoms with van der Waals surface area (Å²) in [5.41, 5.74) is 0.491. The maximum absolute atomic E-state index is 10.9. The van der Waals surface area contributed by atoms with E-state index in [9.17, 15) is 4.79 Å². The molecule has 0 fully saturated rings. The Morgan fingerprint density at radius 1 is 0.913 bits per heavy atom. The number of carboxylic acid groups (broad SMARTS) is 1. The van der Waals surface area contributed by atoms with Gasteiger partial charge >= 0.3 is 5.97 Å². The number of ether oxygens (including phenoxy) is 4. The minimum atomic E-state index is -1.06. The molecule has 23 heavy (non-hydrogen) atoms. The van der Waals surface area contributed by atoms with Crippen LogP contribution in [0, 0.1) is 0 Å². The molecule has 0 heterocycles. The molecule has 0 aliphatic heterocycles. The minimum Gasteiger partial charge on any atom is -0.490 e. The smallest absolute Gasteiger partial charge is 0.328 e. The summed E-state index contributed by atoms with van der Waals surface area (Å²) < 4.78 is 22.6. The highest BCUT2D eigenvalue weighted by molar-refractivity contribution is 5.87. The van der Waals surface area contributed by atoms with Crippen LogP contribution in [-0.2, 0) is 4.79 Å². The summed E-state index contributed by atoms with van der Waals surface area (Å²) in [6, 6.07) is 1.71. The number of benzene rings is 1. The van der Waals surface area contributed by atoms with Crippen molar-refractivity contribution in [2.75, 3.05) is 26.4 Å². The quantitative estimate of drug-likeness (QED) is 0.665. The molecule has 6 nitrogen and oxygen atoms in total. The van der Waals surface area contributed by atoms with Crippen LogP contribution in [0.25, 0.3) is 6.08 Å². The van der Waals surface area contributed by atoms with Crippen molar-refractivity contribution in [3.8, 4) is 23.0 Å². The van der Waals surface area contributed by atoms with Crippen molar-refractivity contribution in [3.63, 3.8) is 0 Å². The lowest BCUT2D eigenvalue weighted by Gasteiger charge is -2.20. The van der Waals surface area contributed by atoms with Gasteiger partial charge in [-0.15, -0.1) is 0 Å². The van der Waals surface area contributed by atoms with E-state index in [2.05, 4.69) is 0 Å². The summed E-state index contributed by atoms with van der Waals surface area (Å²) in [6.07, 6.45) is 2.47. The average molecular weight is 324 g/mol. The Hall–Kier alpha value is -2.37. The van der Waals surface area contributed by atoms with Gasteiger partial charge < -0.3 is 24.1 Å². The zero-order valence-electron chi connectivity index (χ0n) is 14.0. The topological polar surface area (TPSA) is 74.2 Å². The van der Waals surface area contributed by atoms with Gasteiger partial charge in [0, 0.05) is 12.1 Å². The predicted molar refractivity (Wildman–Crippen MR) is 87.8 cm³/mol. The molecule has 1 N–H and O–H groups in total. The van der Waals surface area contributed by atoms with Crippen molar-refractivity contribution in [1.29, 1.82) is 0 Å². The van der Waals surface area contributed by atoms with Crippen LogP contribution in [-0.4, -0.2) is 37.5 Å². The second kappa shape index (κ2) is 9.61. The molecule has 0 aliphatic carbocycles. The number of carbonyl (C=O) groups is 1. The fourth-order valence-electron chi connectivity index (χ4n) is 2.04. The van der Waals surface area contributed by atoms with E-state index in [1.165, 1.54) is 6.08 Å². The maximum Gasteiger partial charge on any atom is 0.328 e. The second-order valence-electron chi connectivity index (χ2n) is 4.35. The summed E-state index contributed by atoms with van der Waals surface area (Å²) in [5, 5.41) is 8.93. The molecular weight excluding hydrogens is 300 g/mol. The number of hydrogen-bond acceptors (Lipinski definition) is 5. The van der Waals surface area contributed by atoms with Crippen molar-refractivity contribution in [1.82, 2.24) is 0 Å². The van der Waals surface area contributed by atoms with Gasteiger partial charge in [-0.1, -0.05) is 0 Å². The van der Waals surface area contributed by atoms with Crippen LogP contribution in [0.5, 0.6) is 23.0 Å². The first-order chi connectivity index (χ1) is 11.1. The predicted octanol–water partition coefficient (Wildman–Crippen LogP) is 3.38. The first-order valence-electron chi connectivity index (χ1n) is 7.72. The summed E-state index contributed by atoms with van der Waals surface area (Å²) in [7, 11) is 0. The van der Waals surface area contributed by atoms with E-state index in [4.69, 9.17) is 24.1 Å². The molecule has 0 spiro atoms. The lowest BCUT2D eigenvalue weighted by Crippen LogP contribution is -2.06. The summed E-state index contributed by atoms with van der Waals surface area (Å²) in [6.45, 7) is 9.12. The Kier molecular flexibility index (Phi) is 7.80. The third kappa shape index (κ3) is 5.09. The number of carboxylic acids is 1. The van der Waals surface area contributed by atoms with Crippen molar-refractivity contribution in [2.24, 2.45) is 0 Å². The fourth-order valence-corrected chi connectivity index (χ4v) is 2.04. The van der Waals surface area contributed by atoms with E-state index in [0.29, 0.717) is 55.0 Å². The highest BCUT2D eigenvalue weighted by Crippen LogP contribution is 2.45. The van der Waals surface area contributed by atoms with Crippen LogP contribution in [0.3, 0.4) is 0 Å². The minimum absolute atomic E-state index is 0.410. The zero-order chi connectivity index (χ0) is 17.2. The zero-order valence-corrected chi connectivity index (χ0v) is 14.0. The largest absolute Gasteiger partial charge is 0.490 e. The molecule has 0 atom stereocenters. The molecule has 0 aromatic heterocycles. The Morgan fingerprint density at radius 3 is 1.70 bits per heavy atom. The van der Waals surface area contributed by atoms with Crippen molar-refractivity contribution < 1.29 is 28.8 Å².